The van der Waals surface area contributed by atoms with Gasteiger partial charge in [-0.05, 0) is 43.5 Å². The molecule has 144 valence electrons. The zero-order valence-corrected chi connectivity index (χ0v) is 16.7. The normalized spacial score (nSPS) is 17.4. The van der Waals surface area contributed by atoms with Crippen molar-refractivity contribution in [2.24, 2.45) is 0 Å². The molecule has 4 nitrogen and oxygen atoms in total. The number of rotatable bonds is 7. The molecule has 0 aliphatic carbocycles. The van der Waals surface area contributed by atoms with Gasteiger partial charge in [0.2, 0.25) is 5.91 Å². The molecule has 0 aromatic heterocycles. The van der Waals surface area contributed by atoms with E-state index in [0.717, 1.165) is 49.4 Å². The van der Waals surface area contributed by atoms with Gasteiger partial charge < -0.3 is 5.32 Å². The summed E-state index contributed by atoms with van der Waals surface area (Å²) in [4.78, 5) is 17.5. The van der Waals surface area contributed by atoms with Crippen molar-refractivity contribution in [1.82, 2.24) is 9.80 Å². The molecule has 2 aromatic rings. The van der Waals surface area contributed by atoms with Crippen molar-refractivity contribution in [3.8, 4) is 0 Å². The predicted octanol–water partition coefficient (Wildman–Crippen LogP) is 3.84. The number of aryl methyl sites for hydroxylation is 2. The molecular weight excluding hydrogens is 334 g/mol. The van der Waals surface area contributed by atoms with Gasteiger partial charge in [0, 0.05) is 31.4 Å². The van der Waals surface area contributed by atoms with Crippen LogP contribution < -0.4 is 5.32 Å². The molecule has 1 aliphatic heterocycles. The monoisotopic (exact) mass is 365 g/mol. The van der Waals surface area contributed by atoms with E-state index >= 15 is 0 Å². The van der Waals surface area contributed by atoms with Gasteiger partial charge in [-0.15, -0.1) is 0 Å². The van der Waals surface area contributed by atoms with Crippen LogP contribution in [0.4, 0.5) is 5.69 Å². The number of hydrogen-bond acceptors (Lipinski definition) is 3. The predicted molar refractivity (Wildman–Crippen MR) is 112 cm³/mol. The van der Waals surface area contributed by atoms with Gasteiger partial charge in [-0.3, -0.25) is 14.6 Å². The molecular formula is C23H31N3O. The lowest BCUT2D eigenvalue weighted by atomic mass is 10.1. The number of hydrogen-bond donors (Lipinski definition) is 1. The van der Waals surface area contributed by atoms with E-state index in [1.165, 1.54) is 5.56 Å². The van der Waals surface area contributed by atoms with E-state index in [4.69, 9.17) is 0 Å². The van der Waals surface area contributed by atoms with Crippen LogP contribution in [0.5, 0.6) is 0 Å². The van der Waals surface area contributed by atoms with Crippen molar-refractivity contribution in [2.45, 2.75) is 39.8 Å². The third-order valence-electron chi connectivity index (χ3n) is 5.51. The maximum absolute atomic E-state index is 12.6. The standard InChI is InChI=1S/C23H31N3O/c1-4-26(17-22(27)24-23-18(2)9-8-10-19(23)3)21-13-14-25(16-21)15-20-11-6-5-7-12-20/h5-12,21H,4,13-17H2,1-3H3,(H,24,27). The molecule has 0 saturated carbocycles. The van der Waals surface area contributed by atoms with Gasteiger partial charge >= 0.3 is 0 Å². The summed E-state index contributed by atoms with van der Waals surface area (Å²) < 4.78 is 0. The molecule has 0 radical (unpaired) electrons. The Morgan fingerprint density at radius 1 is 1.11 bits per heavy atom. The average Bonchev–Trinajstić information content (AvgIpc) is 3.12. The summed E-state index contributed by atoms with van der Waals surface area (Å²) >= 11 is 0. The van der Waals surface area contributed by atoms with Crippen LogP contribution in [0.25, 0.3) is 0 Å². The highest BCUT2D eigenvalue weighted by atomic mass is 16.2. The first-order valence-electron chi connectivity index (χ1n) is 9.93. The van der Waals surface area contributed by atoms with Crippen LogP contribution in [-0.2, 0) is 11.3 Å². The number of likely N-dealkylation sites (N-methyl/N-ethyl adjacent to an activating group) is 1. The SMILES string of the molecule is CCN(CC(=O)Nc1c(C)cccc1C)C1CCN(Cc2ccccc2)C1. The lowest BCUT2D eigenvalue weighted by Gasteiger charge is -2.27. The van der Waals surface area contributed by atoms with Crippen LogP contribution >= 0.6 is 0 Å². The summed E-state index contributed by atoms with van der Waals surface area (Å²) in [5.41, 5.74) is 4.53. The fraction of sp³-hybridized carbons (Fsp3) is 0.435. The van der Waals surface area contributed by atoms with Gasteiger partial charge in [-0.1, -0.05) is 55.5 Å². The lowest BCUT2D eigenvalue weighted by Crippen LogP contribution is -2.42. The van der Waals surface area contributed by atoms with Crippen LogP contribution in [0, 0.1) is 13.8 Å². The summed E-state index contributed by atoms with van der Waals surface area (Å²) in [6, 6.07) is 17.2. The minimum absolute atomic E-state index is 0.0794. The molecule has 1 amide bonds. The van der Waals surface area contributed by atoms with E-state index in [0.29, 0.717) is 12.6 Å². The highest BCUT2D eigenvalue weighted by Gasteiger charge is 2.28. The molecule has 1 heterocycles. The first-order chi connectivity index (χ1) is 13.1. The Morgan fingerprint density at radius 3 is 2.48 bits per heavy atom. The first kappa shape index (κ1) is 19.6. The number of nitrogens with one attached hydrogen (secondary N) is 1. The Labute approximate surface area is 163 Å². The second-order valence-corrected chi connectivity index (χ2v) is 7.54. The molecule has 3 rings (SSSR count). The number of amides is 1. The van der Waals surface area contributed by atoms with E-state index in [1.807, 2.05) is 32.0 Å². The minimum atomic E-state index is 0.0794. The fourth-order valence-corrected chi connectivity index (χ4v) is 3.97. The van der Waals surface area contributed by atoms with Crippen molar-refractivity contribution in [3.05, 3.63) is 65.2 Å². The Hall–Kier alpha value is -2.17. The molecule has 1 saturated heterocycles. The smallest absolute Gasteiger partial charge is 0.238 e. The van der Waals surface area contributed by atoms with Gasteiger partial charge in [0.05, 0.1) is 6.54 Å². The summed E-state index contributed by atoms with van der Waals surface area (Å²) in [6.45, 7) is 10.7. The van der Waals surface area contributed by atoms with Crippen LogP contribution in [0.3, 0.4) is 0 Å². The largest absolute Gasteiger partial charge is 0.324 e. The molecule has 0 spiro atoms. The molecule has 4 heteroatoms. The molecule has 1 aliphatic rings. The summed E-state index contributed by atoms with van der Waals surface area (Å²) in [6.07, 6.45) is 1.12. The van der Waals surface area contributed by atoms with Gasteiger partial charge in [-0.2, -0.15) is 0 Å². The van der Waals surface area contributed by atoms with Gasteiger partial charge in [0.1, 0.15) is 0 Å². The second-order valence-electron chi connectivity index (χ2n) is 7.54. The highest BCUT2D eigenvalue weighted by Crippen LogP contribution is 2.21. The second kappa shape index (κ2) is 9.16. The average molecular weight is 366 g/mol. The minimum Gasteiger partial charge on any atom is -0.324 e. The van der Waals surface area contributed by atoms with Crippen LogP contribution in [0.15, 0.2) is 48.5 Å². The number of nitrogens with zero attached hydrogens (tertiary/aromatic N) is 2. The number of benzene rings is 2. The van der Waals surface area contributed by atoms with Crippen molar-refractivity contribution >= 4 is 11.6 Å². The summed E-state index contributed by atoms with van der Waals surface area (Å²) in [5.74, 6) is 0.0794. The van der Waals surface area contributed by atoms with Gasteiger partial charge in [0.25, 0.3) is 0 Å². The number of carbonyl (C=O) groups is 1. The number of likely N-dealkylation sites (tertiary alicyclic amines) is 1. The Morgan fingerprint density at radius 2 is 1.81 bits per heavy atom. The maximum atomic E-state index is 12.6. The summed E-state index contributed by atoms with van der Waals surface area (Å²) in [7, 11) is 0. The fourth-order valence-electron chi connectivity index (χ4n) is 3.97. The Kier molecular flexibility index (Phi) is 6.64. The lowest BCUT2D eigenvalue weighted by molar-refractivity contribution is -0.117. The zero-order valence-electron chi connectivity index (χ0n) is 16.7. The van der Waals surface area contributed by atoms with E-state index < -0.39 is 0 Å². The van der Waals surface area contributed by atoms with Crippen molar-refractivity contribution in [1.29, 1.82) is 0 Å². The molecule has 1 unspecified atom stereocenters. The Balaban J connectivity index is 1.55. The van der Waals surface area contributed by atoms with Crippen LogP contribution in [-0.4, -0.2) is 47.9 Å². The highest BCUT2D eigenvalue weighted by molar-refractivity contribution is 5.93. The van der Waals surface area contributed by atoms with Crippen LogP contribution in [0.1, 0.15) is 30.0 Å². The summed E-state index contributed by atoms with van der Waals surface area (Å²) in [5, 5.41) is 3.12. The quantitative estimate of drug-likeness (QED) is 0.810. The van der Waals surface area contributed by atoms with Crippen LogP contribution in [0.2, 0.25) is 0 Å². The molecule has 27 heavy (non-hydrogen) atoms. The third kappa shape index (κ3) is 5.18. The number of carbonyl (C=O) groups excluding carboxylic acids is 1. The molecule has 1 fully saturated rings. The maximum Gasteiger partial charge on any atom is 0.238 e. The van der Waals surface area contributed by atoms with E-state index in [-0.39, 0.29) is 5.91 Å². The Bertz CT molecular complexity index is 739. The van der Waals surface area contributed by atoms with Gasteiger partial charge in [-0.25, -0.2) is 0 Å². The molecule has 0 bridgehead atoms. The van der Waals surface area contributed by atoms with Crippen molar-refractivity contribution < 1.29 is 4.79 Å². The zero-order chi connectivity index (χ0) is 19.2. The van der Waals surface area contributed by atoms with E-state index in [1.54, 1.807) is 0 Å². The van der Waals surface area contributed by atoms with E-state index in [2.05, 4.69) is 52.4 Å². The molecule has 2 aromatic carbocycles. The molecule has 1 N–H and O–H groups in total. The van der Waals surface area contributed by atoms with Gasteiger partial charge in [0.15, 0.2) is 0 Å². The molecule has 1 atom stereocenters. The topological polar surface area (TPSA) is 35.6 Å². The van der Waals surface area contributed by atoms with Crippen molar-refractivity contribution in [2.75, 3.05) is 31.5 Å². The first-order valence-corrected chi connectivity index (χ1v) is 9.93. The van der Waals surface area contributed by atoms with Crippen molar-refractivity contribution in [3.63, 3.8) is 0 Å². The number of para-hydroxylation sites is 1. The third-order valence-corrected chi connectivity index (χ3v) is 5.51. The van der Waals surface area contributed by atoms with E-state index in [9.17, 15) is 4.79 Å². The number of anilines is 1.